The molecule has 2 aromatic rings. The molecule has 18 heavy (non-hydrogen) atoms. The number of hydrogen-bond acceptors (Lipinski definition) is 2. The van der Waals surface area contributed by atoms with Gasteiger partial charge in [-0.15, -0.1) is 0 Å². The van der Waals surface area contributed by atoms with Crippen molar-refractivity contribution >= 4 is 0 Å². The fourth-order valence-electron chi connectivity index (χ4n) is 2.15. The zero-order valence-corrected chi connectivity index (χ0v) is 10.3. The van der Waals surface area contributed by atoms with Gasteiger partial charge >= 0.3 is 0 Å². The molecule has 0 spiro atoms. The molecule has 0 saturated heterocycles. The lowest BCUT2D eigenvalue weighted by atomic mass is 10.1. The van der Waals surface area contributed by atoms with Crippen molar-refractivity contribution in [3.05, 3.63) is 65.7 Å². The first-order valence-electron chi connectivity index (χ1n) is 6.35. The van der Waals surface area contributed by atoms with Crippen LogP contribution in [0.5, 0.6) is 5.75 Å². The van der Waals surface area contributed by atoms with Crippen LogP contribution in [0.15, 0.2) is 54.6 Å². The first-order chi connectivity index (χ1) is 8.83. The predicted molar refractivity (Wildman–Crippen MR) is 72.5 cm³/mol. The van der Waals surface area contributed by atoms with Crippen molar-refractivity contribution in [2.75, 3.05) is 0 Å². The first kappa shape index (κ1) is 11.3. The summed E-state index contributed by atoms with van der Waals surface area (Å²) in [4.78, 5) is 0. The summed E-state index contributed by atoms with van der Waals surface area (Å²) in [5.41, 5.74) is 8.35. The van der Waals surface area contributed by atoms with Gasteiger partial charge < -0.3 is 10.5 Å². The molecular weight excluding hydrogens is 222 g/mol. The number of benzene rings is 2. The standard InChI is InChI=1S/C16H17NO/c17-16-10-15(16)13-6-8-14(9-7-13)18-11-12-4-2-1-3-5-12/h1-9,15-16H,10-11,17H2/t15?,16-/m1/s1. The molecule has 1 fully saturated rings. The Kier molecular flexibility index (Phi) is 3.03. The summed E-state index contributed by atoms with van der Waals surface area (Å²) in [6, 6.07) is 18.9. The minimum atomic E-state index is 0.362. The third-order valence-corrected chi connectivity index (χ3v) is 3.40. The molecule has 1 aliphatic rings. The van der Waals surface area contributed by atoms with Crippen LogP contribution in [0.2, 0.25) is 0 Å². The van der Waals surface area contributed by atoms with Gasteiger partial charge in [0, 0.05) is 12.0 Å². The van der Waals surface area contributed by atoms with Gasteiger partial charge in [-0.1, -0.05) is 42.5 Å². The van der Waals surface area contributed by atoms with Gasteiger partial charge in [0.15, 0.2) is 0 Å². The van der Waals surface area contributed by atoms with Crippen molar-refractivity contribution < 1.29 is 4.74 Å². The van der Waals surface area contributed by atoms with Gasteiger partial charge in [0.05, 0.1) is 0 Å². The molecule has 2 N–H and O–H groups in total. The van der Waals surface area contributed by atoms with Crippen LogP contribution in [0.4, 0.5) is 0 Å². The molecule has 2 atom stereocenters. The normalized spacial score (nSPS) is 21.6. The molecule has 92 valence electrons. The molecule has 0 amide bonds. The highest BCUT2D eigenvalue weighted by atomic mass is 16.5. The summed E-state index contributed by atoms with van der Waals surface area (Å²) in [5, 5.41) is 0. The number of hydrogen-bond donors (Lipinski definition) is 1. The quantitative estimate of drug-likeness (QED) is 0.890. The maximum Gasteiger partial charge on any atom is 0.119 e. The van der Waals surface area contributed by atoms with E-state index in [1.54, 1.807) is 0 Å². The predicted octanol–water partition coefficient (Wildman–Crippen LogP) is 3.08. The minimum absolute atomic E-state index is 0.362. The monoisotopic (exact) mass is 239 g/mol. The topological polar surface area (TPSA) is 35.2 Å². The molecular formula is C16H17NO. The number of nitrogens with two attached hydrogens (primary N) is 1. The smallest absolute Gasteiger partial charge is 0.119 e. The Morgan fingerprint density at radius 1 is 1.00 bits per heavy atom. The highest BCUT2D eigenvalue weighted by Crippen LogP contribution is 2.39. The molecule has 3 rings (SSSR count). The van der Waals surface area contributed by atoms with Crippen molar-refractivity contribution in [2.24, 2.45) is 5.73 Å². The molecule has 1 saturated carbocycles. The molecule has 0 bridgehead atoms. The van der Waals surface area contributed by atoms with E-state index in [1.807, 2.05) is 30.3 Å². The van der Waals surface area contributed by atoms with Gasteiger partial charge in [-0.2, -0.15) is 0 Å². The van der Waals surface area contributed by atoms with E-state index < -0.39 is 0 Å². The largest absolute Gasteiger partial charge is 0.489 e. The Morgan fingerprint density at radius 3 is 2.28 bits per heavy atom. The molecule has 2 aromatic carbocycles. The first-order valence-corrected chi connectivity index (χ1v) is 6.35. The molecule has 1 aliphatic carbocycles. The van der Waals surface area contributed by atoms with Crippen LogP contribution in [0.3, 0.4) is 0 Å². The van der Waals surface area contributed by atoms with Crippen molar-refractivity contribution in [3.8, 4) is 5.75 Å². The van der Waals surface area contributed by atoms with Crippen LogP contribution in [0.1, 0.15) is 23.5 Å². The Hall–Kier alpha value is -1.80. The van der Waals surface area contributed by atoms with E-state index in [0.717, 1.165) is 12.2 Å². The number of rotatable bonds is 4. The molecule has 0 aliphatic heterocycles. The fraction of sp³-hybridized carbons (Fsp3) is 0.250. The summed E-state index contributed by atoms with van der Waals surface area (Å²) < 4.78 is 5.74. The Labute approximate surface area is 107 Å². The van der Waals surface area contributed by atoms with E-state index in [4.69, 9.17) is 10.5 Å². The minimum Gasteiger partial charge on any atom is -0.489 e. The lowest BCUT2D eigenvalue weighted by Gasteiger charge is -2.07. The zero-order chi connectivity index (χ0) is 12.4. The summed E-state index contributed by atoms with van der Waals surface area (Å²) in [7, 11) is 0. The molecule has 1 unspecified atom stereocenters. The highest BCUT2D eigenvalue weighted by molar-refractivity contribution is 5.33. The van der Waals surface area contributed by atoms with E-state index in [1.165, 1.54) is 11.1 Å². The van der Waals surface area contributed by atoms with E-state index >= 15 is 0 Å². The second-order valence-corrected chi connectivity index (χ2v) is 4.85. The van der Waals surface area contributed by atoms with E-state index in [2.05, 4.69) is 24.3 Å². The molecule has 0 heterocycles. The third kappa shape index (κ3) is 2.54. The maximum absolute atomic E-state index is 5.84. The van der Waals surface area contributed by atoms with Gasteiger partial charge in [0.1, 0.15) is 12.4 Å². The summed E-state index contributed by atoms with van der Waals surface area (Å²) in [5.74, 6) is 1.48. The van der Waals surface area contributed by atoms with Crippen LogP contribution in [0, 0.1) is 0 Å². The summed E-state index contributed by atoms with van der Waals surface area (Å²) >= 11 is 0. The van der Waals surface area contributed by atoms with E-state index in [-0.39, 0.29) is 0 Å². The van der Waals surface area contributed by atoms with Crippen LogP contribution >= 0.6 is 0 Å². The van der Waals surface area contributed by atoms with Crippen LogP contribution in [0.25, 0.3) is 0 Å². The van der Waals surface area contributed by atoms with Gasteiger partial charge in [-0.05, 0) is 29.7 Å². The van der Waals surface area contributed by atoms with Gasteiger partial charge in [0.2, 0.25) is 0 Å². The van der Waals surface area contributed by atoms with Gasteiger partial charge in [0.25, 0.3) is 0 Å². The lowest BCUT2D eigenvalue weighted by molar-refractivity contribution is 0.306. The van der Waals surface area contributed by atoms with Crippen molar-refractivity contribution in [3.63, 3.8) is 0 Å². The van der Waals surface area contributed by atoms with Crippen molar-refractivity contribution in [1.29, 1.82) is 0 Å². The van der Waals surface area contributed by atoms with Crippen LogP contribution in [-0.4, -0.2) is 6.04 Å². The molecule has 2 nitrogen and oxygen atoms in total. The second-order valence-electron chi connectivity index (χ2n) is 4.85. The Morgan fingerprint density at radius 2 is 1.67 bits per heavy atom. The molecule has 0 aromatic heterocycles. The lowest BCUT2D eigenvalue weighted by Crippen LogP contribution is -2.01. The summed E-state index contributed by atoms with van der Waals surface area (Å²) in [6.07, 6.45) is 1.12. The second kappa shape index (κ2) is 4.83. The highest BCUT2D eigenvalue weighted by Gasteiger charge is 2.34. The Balaban J connectivity index is 1.60. The third-order valence-electron chi connectivity index (χ3n) is 3.40. The van der Waals surface area contributed by atoms with Gasteiger partial charge in [-0.25, -0.2) is 0 Å². The number of ether oxygens (including phenoxy) is 1. The average molecular weight is 239 g/mol. The molecule has 0 radical (unpaired) electrons. The Bertz CT molecular complexity index is 506. The van der Waals surface area contributed by atoms with Crippen molar-refractivity contribution in [1.82, 2.24) is 0 Å². The maximum atomic E-state index is 5.84. The van der Waals surface area contributed by atoms with E-state index in [0.29, 0.717) is 18.6 Å². The van der Waals surface area contributed by atoms with E-state index in [9.17, 15) is 0 Å². The molecule has 2 heteroatoms. The zero-order valence-electron chi connectivity index (χ0n) is 10.3. The van der Waals surface area contributed by atoms with Gasteiger partial charge in [-0.3, -0.25) is 0 Å². The van der Waals surface area contributed by atoms with Crippen LogP contribution < -0.4 is 10.5 Å². The van der Waals surface area contributed by atoms with Crippen LogP contribution in [-0.2, 0) is 6.61 Å². The summed E-state index contributed by atoms with van der Waals surface area (Å²) in [6.45, 7) is 0.614. The average Bonchev–Trinajstić information content (AvgIpc) is 3.15. The fourth-order valence-corrected chi connectivity index (χ4v) is 2.15. The van der Waals surface area contributed by atoms with Crippen molar-refractivity contribution in [2.45, 2.75) is 25.0 Å². The SMILES string of the molecule is N[C@@H]1CC1c1ccc(OCc2ccccc2)cc1.